The second kappa shape index (κ2) is 14.1. The van der Waals surface area contributed by atoms with Crippen LogP contribution in [0.3, 0.4) is 0 Å². The summed E-state index contributed by atoms with van der Waals surface area (Å²) >= 11 is 0. The molecule has 0 saturated heterocycles. The topological polar surface area (TPSA) is 8.17 Å². The predicted octanol–water partition coefficient (Wildman–Crippen LogP) is 15.6. The lowest BCUT2D eigenvalue weighted by Gasteiger charge is -2.27. The molecule has 11 aromatic rings. The summed E-state index contributed by atoms with van der Waals surface area (Å²) in [5, 5.41) is 7.37. The molecule has 0 radical (unpaired) electrons. The zero-order valence-electron chi connectivity index (χ0n) is 31.8. The minimum Gasteiger partial charge on any atom is -0.310 e. The normalized spacial score (nSPS) is 11.4. The van der Waals surface area contributed by atoms with Gasteiger partial charge in [-0.2, -0.15) is 0 Å². The van der Waals surface area contributed by atoms with Crippen molar-refractivity contribution in [3.8, 4) is 39.1 Å². The molecule has 58 heavy (non-hydrogen) atoms. The van der Waals surface area contributed by atoms with Crippen molar-refractivity contribution < 1.29 is 0 Å². The average molecular weight is 739 g/mol. The average Bonchev–Trinajstić information content (AvgIpc) is 3.63. The van der Waals surface area contributed by atoms with Crippen LogP contribution in [0.5, 0.6) is 0 Å². The summed E-state index contributed by atoms with van der Waals surface area (Å²) in [6.07, 6.45) is 0. The molecule has 0 fully saturated rings. The Morgan fingerprint density at radius 1 is 0.259 bits per heavy atom. The van der Waals surface area contributed by atoms with Crippen LogP contribution in [0.2, 0.25) is 0 Å². The number of hydrogen-bond acceptors (Lipinski definition) is 1. The number of fused-ring (bicyclic) bond motifs is 5. The van der Waals surface area contributed by atoms with E-state index in [1.54, 1.807) is 0 Å². The number of anilines is 3. The molecule has 11 rings (SSSR count). The van der Waals surface area contributed by atoms with Gasteiger partial charge in [0, 0.05) is 33.5 Å². The van der Waals surface area contributed by atoms with Gasteiger partial charge in [0.15, 0.2) is 0 Å². The Hall–Kier alpha value is -7.68. The number of para-hydroxylation sites is 2. The van der Waals surface area contributed by atoms with Crippen molar-refractivity contribution in [2.75, 3.05) is 4.90 Å². The summed E-state index contributed by atoms with van der Waals surface area (Å²) in [4.78, 5) is 2.41. The van der Waals surface area contributed by atoms with Crippen LogP contribution in [-0.4, -0.2) is 4.57 Å². The smallest absolute Gasteiger partial charge is 0.0542 e. The first-order valence-corrected chi connectivity index (χ1v) is 19.9. The van der Waals surface area contributed by atoms with Gasteiger partial charge >= 0.3 is 0 Å². The number of hydrogen-bond donors (Lipinski definition) is 0. The van der Waals surface area contributed by atoms with Crippen LogP contribution in [0.15, 0.2) is 231 Å². The molecule has 1 heterocycles. The molecule has 2 nitrogen and oxygen atoms in total. The van der Waals surface area contributed by atoms with E-state index in [9.17, 15) is 0 Å². The van der Waals surface area contributed by atoms with Crippen molar-refractivity contribution >= 4 is 60.4 Å². The largest absolute Gasteiger partial charge is 0.310 e. The summed E-state index contributed by atoms with van der Waals surface area (Å²) in [5.74, 6) is 0. The Labute approximate surface area is 338 Å². The highest BCUT2D eigenvalue weighted by Gasteiger charge is 2.18. The van der Waals surface area contributed by atoms with E-state index in [4.69, 9.17) is 0 Å². The molecule has 0 aliphatic heterocycles. The van der Waals surface area contributed by atoms with Gasteiger partial charge in [0.2, 0.25) is 0 Å². The molecule has 10 aromatic carbocycles. The molecule has 0 spiro atoms. The third-order valence-corrected chi connectivity index (χ3v) is 11.5. The van der Waals surface area contributed by atoms with Gasteiger partial charge < -0.3 is 9.47 Å². The monoisotopic (exact) mass is 738 g/mol. The Balaban J connectivity index is 1.03. The fourth-order valence-electron chi connectivity index (χ4n) is 8.63. The first-order valence-electron chi connectivity index (χ1n) is 19.9. The van der Waals surface area contributed by atoms with Crippen LogP contribution >= 0.6 is 0 Å². The second-order valence-corrected chi connectivity index (χ2v) is 15.0. The Bertz CT molecular complexity index is 3270. The maximum atomic E-state index is 2.41. The van der Waals surface area contributed by atoms with Gasteiger partial charge in [-0.15, -0.1) is 0 Å². The quantitative estimate of drug-likeness (QED) is 0.158. The highest BCUT2D eigenvalue weighted by atomic mass is 15.1. The van der Waals surface area contributed by atoms with E-state index in [1.807, 2.05) is 0 Å². The molecule has 272 valence electrons. The maximum absolute atomic E-state index is 2.41. The van der Waals surface area contributed by atoms with E-state index in [0.29, 0.717) is 0 Å². The van der Waals surface area contributed by atoms with Gasteiger partial charge in [-0.3, -0.25) is 0 Å². The van der Waals surface area contributed by atoms with Gasteiger partial charge in [0.1, 0.15) is 0 Å². The predicted molar refractivity (Wildman–Crippen MR) is 247 cm³/mol. The first kappa shape index (κ1) is 33.6. The Morgan fingerprint density at radius 3 is 1.53 bits per heavy atom. The summed E-state index contributed by atoms with van der Waals surface area (Å²) in [7, 11) is 0. The van der Waals surface area contributed by atoms with Crippen LogP contribution in [0.25, 0.3) is 82.4 Å². The molecule has 2 heteroatoms. The molecule has 0 amide bonds. The lowest BCUT2D eigenvalue weighted by molar-refractivity contribution is 1.18. The van der Waals surface area contributed by atoms with Crippen LogP contribution in [0, 0.1) is 0 Å². The highest BCUT2D eigenvalue weighted by Crippen LogP contribution is 2.42. The molecule has 0 aliphatic carbocycles. The van der Waals surface area contributed by atoms with Crippen molar-refractivity contribution in [2.24, 2.45) is 0 Å². The highest BCUT2D eigenvalue weighted by molar-refractivity contribution is 6.11. The van der Waals surface area contributed by atoms with Crippen LogP contribution in [0.4, 0.5) is 17.1 Å². The van der Waals surface area contributed by atoms with Gasteiger partial charge in [-0.25, -0.2) is 0 Å². The zero-order valence-corrected chi connectivity index (χ0v) is 31.8. The lowest BCUT2D eigenvalue weighted by Crippen LogP contribution is -2.10. The SMILES string of the molecule is c1ccc(-c2cccc(N(c3ccc4ccc(-c5ccc(-c6ccc7ccccc7c6)cc5)cc4c3)c3ccc4c(c3)c3ccccc3n4-c3ccccc3)c2)cc1. The van der Waals surface area contributed by atoms with Gasteiger partial charge in [0.25, 0.3) is 0 Å². The molecule has 1 aromatic heterocycles. The summed E-state index contributed by atoms with van der Waals surface area (Å²) in [5.41, 5.74) is 14.1. The molecular weight excluding hydrogens is 701 g/mol. The maximum Gasteiger partial charge on any atom is 0.0542 e. The van der Waals surface area contributed by atoms with Crippen molar-refractivity contribution in [1.29, 1.82) is 0 Å². The van der Waals surface area contributed by atoms with E-state index < -0.39 is 0 Å². The third kappa shape index (κ3) is 6.00. The number of benzene rings is 10. The first-order chi connectivity index (χ1) is 28.7. The third-order valence-electron chi connectivity index (χ3n) is 11.5. The van der Waals surface area contributed by atoms with Crippen LogP contribution in [0.1, 0.15) is 0 Å². The van der Waals surface area contributed by atoms with Crippen molar-refractivity contribution in [3.63, 3.8) is 0 Å². The van der Waals surface area contributed by atoms with Crippen molar-refractivity contribution in [2.45, 2.75) is 0 Å². The van der Waals surface area contributed by atoms with E-state index in [0.717, 1.165) is 22.7 Å². The van der Waals surface area contributed by atoms with Crippen LogP contribution in [-0.2, 0) is 0 Å². The molecule has 0 atom stereocenters. The van der Waals surface area contributed by atoms with Crippen LogP contribution < -0.4 is 4.90 Å². The fourth-order valence-corrected chi connectivity index (χ4v) is 8.63. The van der Waals surface area contributed by atoms with Crippen molar-refractivity contribution in [1.82, 2.24) is 4.57 Å². The number of nitrogens with zero attached hydrogens (tertiary/aromatic N) is 2. The summed E-state index contributed by atoms with van der Waals surface area (Å²) < 4.78 is 2.38. The van der Waals surface area contributed by atoms with E-state index >= 15 is 0 Å². The summed E-state index contributed by atoms with van der Waals surface area (Å²) in [6, 6.07) is 83.8. The van der Waals surface area contributed by atoms with E-state index in [2.05, 4.69) is 240 Å². The second-order valence-electron chi connectivity index (χ2n) is 15.0. The molecule has 0 bridgehead atoms. The standard InChI is InChI=1S/C56H38N2/c1-3-12-39(13-4-1)45-16-11-19-50(36-45)57(52-32-33-56-54(38-52)53-20-9-10-21-55(53)58(56)49-17-5-2-6-18-49)51-31-30-43-27-29-47(35-48(43)37-51)42-24-22-41(23-25-42)46-28-26-40-14-7-8-15-44(40)34-46/h1-38H. The fraction of sp³-hybridized carbons (Fsp3) is 0. The molecule has 0 N–H and O–H groups in total. The molecule has 0 unspecified atom stereocenters. The summed E-state index contributed by atoms with van der Waals surface area (Å²) in [6.45, 7) is 0. The Morgan fingerprint density at radius 2 is 0.759 bits per heavy atom. The van der Waals surface area contributed by atoms with E-state index in [1.165, 1.54) is 76.7 Å². The lowest BCUT2D eigenvalue weighted by atomic mass is 9.97. The minimum atomic E-state index is 1.10. The zero-order chi connectivity index (χ0) is 38.4. The Kier molecular flexibility index (Phi) is 8.19. The van der Waals surface area contributed by atoms with Gasteiger partial charge in [-0.05, 0) is 128 Å². The molecular formula is C56H38N2. The van der Waals surface area contributed by atoms with E-state index in [-0.39, 0.29) is 0 Å². The van der Waals surface area contributed by atoms with Crippen molar-refractivity contribution in [3.05, 3.63) is 231 Å². The number of aromatic nitrogens is 1. The van der Waals surface area contributed by atoms with Gasteiger partial charge in [-0.1, -0.05) is 158 Å². The molecule has 0 aliphatic rings. The molecule has 0 saturated carbocycles. The van der Waals surface area contributed by atoms with Gasteiger partial charge in [0.05, 0.1) is 11.0 Å². The number of rotatable bonds is 7. The minimum absolute atomic E-state index is 1.10.